The van der Waals surface area contributed by atoms with Crippen molar-refractivity contribution in [2.45, 2.75) is 50.6 Å². The molecule has 2 amide bonds. The fourth-order valence-electron chi connectivity index (χ4n) is 5.61. The van der Waals surface area contributed by atoms with Crippen LogP contribution in [0, 0.1) is 17.0 Å². The summed E-state index contributed by atoms with van der Waals surface area (Å²) in [7, 11) is 0. The van der Waals surface area contributed by atoms with Crippen LogP contribution in [0.4, 0.5) is 14.5 Å². The lowest BCUT2D eigenvalue weighted by Crippen LogP contribution is -2.49. The number of hydrogen-bond donors (Lipinski definition) is 5. The summed E-state index contributed by atoms with van der Waals surface area (Å²) in [5.74, 6) is -3.17. The number of aliphatic imine (C=N–C) groups is 1. The van der Waals surface area contributed by atoms with Crippen molar-refractivity contribution in [1.29, 1.82) is 0 Å². The molecule has 2 aliphatic heterocycles. The molecule has 4 atom stereocenters. The van der Waals surface area contributed by atoms with Gasteiger partial charge in [-0.05, 0) is 47.2 Å². The van der Waals surface area contributed by atoms with E-state index in [1.807, 2.05) is 20.8 Å². The Morgan fingerprint density at radius 1 is 1.13 bits per heavy atom. The van der Waals surface area contributed by atoms with Crippen molar-refractivity contribution in [2.24, 2.45) is 21.9 Å². The molecule has 2 aliphatic rings. The standard InChI is InChI=1S/C26H30Cl2F2N6O2/c1-25(2,3)11-19-26(13-9-17(30)15(28)10-18(13)35-23(26)38)20(12-4-5-16(29)14(27)8-12)21(36-19)22(37)33-6-7-34-24(31)32/h4-5,8-10,19-21,36H,6-7,11H2,1-3H3,(H,33,37)(H,35,38)(H4,31,32,34). The average Bonchev–Trinajstić information content (AvgIpc) is 3.28. The van der Waals surface area contributed by atoms with Crippen LogP contribution in [0.3, 0.4) is 0 Å². The second-order valence-corrected chi connectivity index (χ2v) is 11.7. The molecule has 1 fully saturated rings. The van der Waals surface area contributed by atoms with Crippen molar-refractivity contribution in [3.8, 4) is 0 Å². The molecule has 2 aromatic rings. The van der Waals surface area contributed by atoms with E-state index in [0.29, 0.717) is 23.2 Å². The molecule has 12 heteroatoms. The lowest BCUT2D eigenvalue weighted by Gasteiger charge is -2.37. The summed E-state index contributed by atoms with van der Waals surface area (Å²) >= 11 is 12.2. The summed E-state index contributed by atoms with van der Waals surface area (Å²) < 4.78 is 29.1. The lowest BCUT2D eigenvalue weighted by molar-refractivity contribution is -0.123. The number of rotatable bonds is 6. The van der Waals surface area contributed by atoms with Crippen molar-refractivity contribution >= 4 is 46.7 Å². The molecule has 8 nitrogen and oxygen atoms in total. The lowest BCUT2D eigenvalue weighted by atomic mass is 9.62. The largest absolute Gasteiger partial charge is 0.370 e. The highest BCUT2D eigenvalue weighted by Gasteiger charge is 2.65. The molecular formula is C26H30Cl2F2N6O2. The maximum absolute atomic E-state index is 14.9. The van der Waals surface area contributed by atoms with Gasteiger partial charge >= 0.3 is 0 Å². The van der Waals surface area contributed by atoms with Crippen molar-refractivity contribution in [2.75, 3.05) is 18.4 Å². The number of anilines is 1. The summed E-state index contributed by atoms with van der Waals surface area (Å²) in [6, 6.07) is 5.12. The number of halogens is 4. The van der Waals surface area contributed by atoms with Crippen LogP contribution in [0.25, 0.3) is 0 Å². The Balaban J connectivity index is 1.91. The predicted molar refractivity (Wildman–Crippen MR) is 144 cm³/mol. The van der Waals surface area contributed by atoms with Gasteiger partial charge in [0.15, 0.2) is 5.96 Å². The number of fused-ring (bicyclic) bond motifs is 2. The van der Waals surface area contributed by atoms with Crippen LogP contribution < -0.4 is 27.4 Å². The van der Waals surface area contributed by atoms with Gasteiger partial charge in [-0.1, -0.05) is 50.0 Å². The zero-order valence-corrected chi connectivity index (χ0v) is 22.7. The van der Waals surface area contributed by atoms with Gasteiger partial charge in [0.05, 0.1) is 22.6 Å². The Morgan fingerprint density at radius 2 is 1.82 bits per heavy atom. The quantitative estimate of drug-likeness (QED) is 0.207. The van der Waals surface area contributed by atoms with Crippen LogP contribution in [0.2, 0.25) is 10.0 Å². The van der Waals surface area contributed by atoms with Gasteiger partial charge in [0.25, 0.3) is 0 Å². The van der Waals surface area contributed by atoms with Crippen LogP contribution in [0.5, 0.6) is 0 Å². The number of carbonyl (C=O) groups is 2. The second kappa shape index (κ2) is 10.3. The summed E-state index contributed by atoms with van der Waals surface area (Å²) in [6.07, 6.45) is 0.452. The highest BCUT2D eigenvalue weighted by atomic mass is 35.5. The molecule has 2 aromatic carbocycles. The van der Waals surface area contributed by atoms with Crippen LogP contribution in [-0.2, 0) is 15.0 Å². The fourth-order valence-corrected chi connectivity index (χ4v) is 5.97. The number of guanidine groups is 1. The normalized spacial score (nSPS) is 24.3. The maximum Gasteiger partial charge on any atom is 0.237 e. The molecule has 1 saturated heterocycles. The summed E-state index contributed by atoms with van der Waals surface area (Å²) in [6.45, 7) is 6.30. The van der Waals surface area contributed by atoms with Gasteiger partial charge in [0.2, 0.25) is 11.8 Å². The van der Waals surface area contributed by atoms with Gasteiger partial charge in [-0.15, -0.1) is 0 Å². The molecule has 0 bridgehead atoms. The Morgan fingerprint density at radius 3 is 2.45 bits per heavy atom. The number of amides is 2. The van der Waals surface area contributed by atoms with Crippen LogP contribution >= 0.6 is 23.2 Å². The minimum absolute atomic E-state index is 0.110. The highest BCUT2D eigenvalue weighted by Crippen LogP contribution is 2.57. The van der Waals surface area contributed by atoms with E-state index in [-0.39, 0.29) is 34.5 Å². The SMILES string of the molecule is CC(C)(C)CC1NC(C(=O)NCCN=C(N)N)C(c2ccc(F)c(Cl)c2)C12C(=O)Nc1cc(Cl)c(F)cc12. The van der Waals surface area contributed by atoms with Gasteiger partial charge in [0.1, 0.15) is 17.0 Å². The third-order valence-electron chi connectivity index (χ3n) is 6.99. The smallest absolute Gasteiger partial charge is 0.237 e. The number of nitrogens with two attached hydrogens (primary N) is 2. The van der Waals surface area contributed by atoms with Crippen molar-refractivity contribution in [1.82, 2.24) is 10.6 Å². The van der Waals surface area contributed by atoms with E-state index in [0.717, 1.165) is 0 Å². The van der Waals surface area contributed by atoms with E-state index >= 15 is 0 Å². The molecule has 0 saturated carbocycles. The van der Waals surface area contributed by atoms with E-state index in [1.165, 1.54) is 30.3 Å². The minimum Gasteiger partial charge on any atom is -0.370 e. The van der Waals surface area contributed by atoms with Crippen LogP contribution in [-0.4, -0.2) is 42.9 Å². The first-order chi connectivity index (χ1) is 17.8. The van der Waals surface area contributed by atoms with Gasteiger partial charge in [-0.3, -0.25) is 14.6 Å². The van der Waals surface area contributed by atoms with E-state index < -0.39 is 46.9 Å². The number of nitrogens with one attached hydrogen (secondary N) is 3. The zero-order valence-electron chi connectivity index (χ0n) is 21.2. The molecule has 2 heterocycles. The second-order valence-electron chi connectivity index (χ2n) is 10.8. The summed E-state index contributed by atoms with van der Waals surface area (Å²) in [5, 5.41) is 8.71. The van der Waals surface area contributed by atoms with Gasteiger partial charge in [-0.25, -0.2) is 8.78 Å². The molecule has 0 aromatic heterocycles. The number of benzene rings is 2. The van der Waals surface area contributed by atoms with Crippen molar-refractivity contribution < 1.29 is 18.4 Å². The van der Waals surface area contributed by atoms with E-state index in [2.05, 4.69) is 20.9 Å². The first-order valence-electron chi connectivity index (χ1n) is 12.1. The Bertz CT molecular complexity index is 1310. The molecule has 4 rings (SSSR count). The Hall–Kier alpha value is -2.95. The molecular weight excluding hydrogens is 537 g/mol. The Kier molecular flexibility index (Phi) is 7.62. The van der Waals surface area contributed by atoms with E-state index in [9.17, 15) is 18.4 Å². The minimum atomic E-state index is -1.43. The maximum atomic E-state index is 14.9. The van der Waals surface area contributed by atoms with Crippen molar-refractivity contribution in [3.63, 3.8) is 0 Å². The molecule has 204 valence electrons. The molecule has 0 radical (unpaired) electrons. The first kappa shape index (κ1) is 28.1. The number of hydrogen-bond acceptors (Lipinski definition) is 4. The zero-order chi connectivity index (χ0) is 28.0. The number of nitrogens with zero attached hydrogens (tertiary/aromatic N) is 1. The van der Waals surface area contributed by atoms with Crippen LogP contribution in [0.1, 0.15) is 44.2 Å². The topological polar surface area (TPSA) is 135 Å². The first-order valence-corrected chi connectivity index (χ1v) is 12.9. The van der Waals surface area contributed by atoms with Crippen molar-refractivity contribution in [3.05, 3.63) is 63.1 Å². The Labute approximate surface area is 229 Å². The third kappa shape index (κ3) is 5.04. The highest BCUT2D eigenvalue weighted by molar-refractivity contribution is 6.31. The average molecular weight is 567 g/mol. The molecule has 1 spiro atoms. The third-order valence-corrected chi connectivity index (χ3v) is 7.57. The monoisotopic (exact) mass is 566 g/mol. The molecule has 4 unspecified atom stereocenters. The molecule has 7 N–H and O–H groups in total. The number of carbonyl (C=O) groups excluding carboxylic acids is 2. The fraction of sp³-hybridized carbons (Fsp3) is 0.423. The van der Waals surface area contributed by atoms with Gasteiger partial charge in [0, 0.05) is 24.2 Å². The van der Waals surface area contributed by atoms with E-state index in [4.69, 9.17) is 34.7 Å². The predicted octanol–water partition coefficient (Wildman–Crippen LogP) is 3.41. The van der Waals surface area contributed by atoms with Gasteiger partial charge in [-0.2, -0.15) is 0 Å². The molecule has 38 heavy (non-hydrogen) atoms. The summed E-state index contributed by atoms with van der Waals surface area (Å²) in [4.78, 5) is 31.5. The van der Waals surface area contributed by atoms with Crippen LogP contribution in [0.15, 0.2) is 35.3 Å². The van der Waals surface area contributed by atoms with E-state index in [1.54, 1.807) is 0 Å². The van der Waals surface area contributed by atoms with Gasteiger partial charge < -0.3 is 27.4 Å². The summed E-state index contributed by atoms with van der Waals surface area (Å²) in [5.41, 5.74) is 10.2. The molecule has 0 aliphatic carbocycles.